The van der Waals surface area contributed by atoms with Gasteiger partial charge in [0.15, 0.2) is 0 Å². The number of rotatable bonds is 4. The number of halogens is 3. The molecule has 1 rings (SSSR count). The first-order valence-electron chi connectivity index (χ1n) is 5.72. The maximum atomic E-state index is 12.4. The predicted octanol–water partition coefficient (Wildman–Crippen LogP) is 3.09. The number of benzene rings is 1. The Morgan fingerprint density at radius 1 is 1.05 bits per heavy atom. The van der Waals surface area contributed by atoms with Crippen LogP contribution in [0, 0.1) is 0 Å². The van der Waals surface area contributed by atoms with Crippen molar-refractivity contribution < 1.29 is 21.6 Å². The van der Waals surface area contributed by atoms with Crippen LogP contribution in [0.2, 0.25) is 0 Å². The molecule has 1 aromatic carbocycles. The lowest BCUT2D eigenvalue weighted by Gasteiger charge is -2.17. The highest BCUT2D eigenvalue weighted by molar-refractivity contribution is 7.90. The molecular weight excluding hydrogens is 279 g/mol. The minimum atomic E-state index is -4.39. The summed E-state index contributed by atoms with van der Waals surface area (Å²) in [4.78, 5) is 0. The molecule has 0 fully saturated rings. The fourth-order valence-electron chi connectivity index (χ4n) is 1.41. The summed E-state index contributed by atoms with van der Waals surface area (Å²) in [6.07, 6.45) is -4.39. The molecule has 0 aliphatic rings. The molecule has 1 aromatic rings. The Morgan fingerprint density at radius 2 is 1.53 bits per heavy atom. The van der Waals surface area contributed by atoms with Crippen molar-refractivity contribution in [2.45, 2.75) is 38.2 Å². The van der Waals surface area contributed by atoms with Crippen LogP contribution >= 0.6 is 0 Å². The van der Waals surface area contributed by atoms with E-state index in [9.17, 15) is 21.6 Å². The molecule has 1 atom stereocenters. The Kier molecular flexibility index (Phi) is 4.63. The van der Waals surface area contributed by atoms with E-state index in [2.05, 4.69) is 4.72 Å². The van der Waals surface area contributed by atoms with Gasteiger partial charge >= 0.3 is 6.18 Å². The number of sulfonamides is 1. The molecule has 0 aliphatic heterocycles. The fourth-order valence-corrected chi connectivity index (χ4v) is 2.31. The normalized spacial score (nSPS) is 14.7. The van der Waals surface area contributed by atoms with Gasteiger partial charge in [0.05, 0.1) is 10.8 Å². The number of nitrogens with one attached hydrogen (secondary N) is 1. The van der Waals surface area contributed by atoms with E-state index in [4.69, 9.17) is 0 Å². The summed E-state index contributed by atoms with van der Waals surface area (Å²) in [5.74, 6) is 0. The molecule has 0 spiro atoms. The molecule has 19 heavy (non-hydrogen) atoms. The van der Waals surface area contributed by atoms with E-state index in [0.29, 0.717) is 5.56 Å². The second kappa shape index (κ2) is 5.50. The summed E-state index contributed by atoms with van der Waals surface area (Å²) >= 11 is 0. The Hall–Kier alpha value is -1.08. The average molecular weight is 295 g/mol. The summed E-state index contributed by atoms with van der Waals surface area (Å²) in [5.41, 5.74) is -0.271. The summed E-state index contributed by atoms with van der Waals surface area (Å²) in [7, 11) is -3.46. The lowest BCUT2D eigenvalue weighted by Crippen LogP contribution is -2.32. The first-order valence-corrected chi connectivity index (χ1v) is 7.27. The molecular formula is C12H16F3NO2S. The summed E-state index contributed by atoms with van der Waals surface area (Å²) in [5, 5.41) is -0.593. The van der Waals surface area contributed by atoms with Crippen molar-refractivity contribution in [2.75, 3.05) is 0 Å². The van der Waals surface area contributed by atoms with Gasteiger partial charge < -0.3 is 0 Å². The van der Waals surface area contributed by atoms with Gasteiger partial charge in [0.1, 0.15) is 0 Å². The summed E-state index contributed by atoms with van der Waals surface area (Å²) < 4.78 is 62.9. The monoisotopic (exact) mass is 295 g/mol. The molecule has 3 nitrogen and oxygen atoms in total. The molecule has 0 amide bonds. The van der Waals surface area contributed by atoms with Crippen molar-refractivity contribution in [2.24, 2.45) is 0 Å². The van der Waals surface area contributed by atoms with Crippen LogP contribution < -0.4 is 4.72 Å². The van der Waals surface area contributed by atoms with Gasteiger partial charge in [-0.15, -0.1) is 0 Å². The Labute approximate surface area is 110 Å². The maximum absolute atomic E-state index is 12.4. The number of hydrogen-bond donors (Lipinski definition) is 1. The highest BCUT2D eigenvalue weighted by Gasteiger charge is 2.30. The zero-order chi connectivity index (χ0) is 14.8. The Bertz CT molecular complexity index is 521. The first kappa shape index (κ1) is 16.0. The fraction of sp³-hybridized carbons (Fsp3) is 0.500. The van der Waals surface area contributed by atoms with Crippen LogP contribution in [-0.4, -0.2) is 13.7 Å². The van der Waals surface area contributed by atoms with Crippen molar-refractivity contribution in [3.8, 4) is 0 Å². The largest absolute Gasteiger partial charge is 0.416 e. The predicted molar refractivity (Wildman–Crippen MR) is 67.1 cm³/mol. The smallest absolute Gasteiger partial charge is 0.212 e. The zero-order valence-corrected chi connectivity index (χ0v) is 11.6. The molecule has 0 heterocycles. The lowest BCUT2D eigenvalue weighted by molar-refractivity contribution is -0.137. The van der Waals surface area contributed by atoms with E-state index in [1.807, 2.05) is 0 Å². The van der Waals surface area contributed by atoms with Gasteiger partial charge in [-0.25, -0.2) is 13.1 Å². The van der Waals surface area contributed by atoms with Gasteiger partial charge in [-0.3, -0.25) is 0 Å². The Balaban J connectivity index is 2.88. The second-order valence-electron chi connectivity index (χ2n) is 4.55. The first-order chi connectivity index (χ1) is 8.54. The summed E-state index contributed by atoms with van der Waals surface area (Å²) in [6, 6.07) is 3.85. The molecule has 0 aliphatic carbocycles. The average Bonchev–Trinajstić information content (AvgIpc) is 2.27. The molecule has 1 N–H and O–H groups in total. The molecule has 0 aromatic heterocycles. The van der Waals surface area contributed by atoms with Crippen LogP contribution in [0.1, 0.15) is 37.9 Å². The van der Waals surface area contributed by atoms with Gasteiger partial charge in [0, 0.05) is 6.04 Å². The third kappa shape index (κ3) is 4.21. The standard InChI is InChI=1S/C12H16F3NO2S/c1-8(2)19(17,18)16-9(3)10-4-6-11(7-5-10)12(13,14)15/h4-9,16H,1-3H3. The lowest BCUT2D eigenvalue weighted by atomic mass is 10.1. The molecule has 1 unspecified atom stereocenters. The third-order valence-electron chi connectivity index (χ3n) is 2.70. The van der Waals surface area contributed by atoms with Crippen LogP contribution in [0.3, 0.4) is 0 Å². The van der Waals surface area contributed by atoms with E-state index in [-0.39, 0.29) is 0 Å². The highest BCUT2D eigenvalue weighted by Crippen LogP contribution is 2.30. The van der Waals surface area contributed by atoms with E-state index in [1.165, 1.54) is 26.0 Å². The van der Waals surface area contributed by atoms with Gasteiger partial charge in [0.2, 0.25) is 10.0 Å². The van der Waals surface area contributed by atoms with Crippen molar-refractivity contribution in [3.05, 3.63) is 35.4 Å². The van der Waals surface area contributed by atoms with Crippen molar-refractivity contribution in [1.82, 2.24) is 4.72 Å². The van der Waals surface area contributed by atoms with E-state index in [1.54, 1.807) is 6.92 Å². The van der Waals surface area contributed by atoms with Crippen LogP contribution in [0.5, 0.6) is 0 Å². The van der Waals surface area contributed by atoms with Crippen LogP contribution in [-0.2, 0) is 16.2 Å². The molecule has 0 radical (unpaired) electrons. The van der Waals surface area contributed by atoms with Gasteiger partial charge in [0.25, 0.3) is 0 Å². The van der Waals surface area contributed by atoms with Crippen molar-refractivity contribution in [1.29, 1.82) is 0 Å². The molecule has 108 valence electrons. The highest BCUT2D eigenvalue weighted by atomic mass is 32.2. The maximum Gasteiger partial charge on any atom is 0.416 e. The number of hydrogen-bond acceptors (Lipinski definition) is 2. The molecule has 0 bridgehead atoms. The molecule has 0 saturated heterocycles. The molecule has 7 heteroatoms. The topological polar surface area (TPSA) is 46.2 Å². The van der Waals surface area contributed by atoms with Crippen molar-refractivity contribution in [3.63, 3.8) is 0 Å². The zero-order valence-electron chi connectivity index (χ0n) is 10.8. The van der Waals surface area contributed by atoms with Gasteiger partial charge in [-0.05, 0) is 38.5 Å². The van der Waals surface area contributed by atoms with Gasteiger partial charge in [-0.1, -0.05) is 12.1 Å². The van der Waals surface area contributed by atoms with Crippen molar-refractivity contribution >= 4 is 10.0 Å². The minimum absolute atomic E-state index is 0.484. The van der Waals surface area contributed by atoms with E-state index in [0.717, 1.165) is 12.1 Å². The SMILES string of the molecule is CC(NS(=O)(=O)C(C)C)c1ccc(C(F)(F)F)cc1. The van der Waals surface area contributed by atoms with E-state index >= 15 is 0 Å². The Morgan fingerprint density at radius 3 is 1.89 bits per heavy atom. The third-order valence-corrected chi connectivity index (χ3v) is 4.62. The quantitative estimate of drug-likeness (QED) is 0.927. The van der Waals surface area contributed by atoms with Gasteiger partial charge in [-0.2, -0.15) is 13.2 Å². The minimum Gasteiger partial charge on any atom is -0.212 e. The van der Waals surface area contributed by atoms with E-state index < -0.39 is 33.1 Å². The summed E-state index contributed by atoms with van der Waals surface area (Å²) in [6.45, 7) is 4.64. The molecule has 0 saturated carbocycles. The van der Waals surface area contributed by atoms with Crippen LogP contribution in [0.15, 0.2) is 24.3 Å². The van der Waals surface area contributed by atoms with Crippen LogP contribution in [0.25, 0.3) is 0 Å². The number of alkyl halides is 3. The van der Waals surface area contributed by atoms with Crippen LogP contribution in [0.4, 0.5) is 13.2 Å². The second-order valence-corrected chi connectivity index (χ2v) is 6.82.